The van der Waals surface area contributed by atoms with Crippen LogP contribution < -0.4 is 15.5 Å². The predicted octanol–water partition coefficient (Wildman–Crippen LogP) is 2.77. The monoisotopic (exact) mass is 424 g/mol. The minimum Gasteiger partial charge on any atom is -0.487 e. The van der Waals surface area contributed by atoms with Crippen molar-refractivity contribution in [2.75, 3.05) is 18.5 Å². The lowest BCUT2D eigenvalue weighted by atomic mass is 10.1. The van der Waals surface area contributed by atoms with E-state index < -0.39 is 0 Å². The zero-order valence-electron chi connectivity index (χ0n) is 18.1. The smallest absolute Gasteiger partial charge is 0.274 e. The van der Waals surface area contributed by atoms with Crippen LogP contribution in [0, 0.1) is 0 Å². The number of nitrogens with one attached hydrogen (secondary N) is 2. The van der Waals surface area contributed by atoms with Gasteiger partial charge in [-0.2, -0.15) is 5.10 Å². The summed E-state index contributed by atoms with van der Waals surface area (Å²) in [5, 5.41) is 11.1. The van der Waals surface area contributed by atoms with Crippen LogP contribution in [-0.4, -0.2) is 49.7 Å². The molecule has 3 aromatic rings. The van der Waals surface area contributed by atoms with Gasteiger partial charge in [0.15, 0.2) is 11.4 Å². The Morgan fingerprint density at radius 2 is 2.13 bits per heavy atom. The van der Waals surface area contributed by atoms with Crippen molar-refractivity contribution in [2.45, 2.75) is 52.7 Å². The fraction of sp³-hybridized carbons (Fsp3) is 0.455. The molecule has 0 atom stereocenters. The van der Waals surface area contributed by atoms with Crippen LogP contribution in [0.25, 0.3) is 10.9 Å². The third kappa shape index (κ3) is 3.99. The van der Waals surface area contributed by atoms with E-state index >= 15 is 0 Å². The summed E-state index contributed by atoms with van der Waals surface area (Å²) in [6.07, 6.45) is 5.18. The van der Waals surface area contributed by atoms with E-state index in [0.717, 1.165) is 29.4 Å². The molecule has 0 aliphatic carbocycles. The van der Waals surface area contributed by atoms with Gasteiger partial charge in [0.05, 0.1) is 30.3 Å². The Hall–Kier alpha value is -3.36. The lowest BCUT2D eigenvalue weighted by Gasteiger charge is -2.35. The van der Waals surface area contributed by atoms with Crippen LogP contribution in [-0.2, 0) is 13.1 Å². The summed E-state index contributed by atoms with van der Waals surface area (Å²) in [7, 11) is 0. The molecule has 31 heavy (non-hydrogen) atoms. The fourth-order valence-corrected chi connectivity index (χ4v) is 3.87. The molecule has 3 aromatic heterocycles. The molecule has 0 bridgehead atoms. The average molecular weight is 425 g/mol. The molecule has 0 saturated heterocycles. The zero-order chi connectivity index (χ0) is 22.0. The number of anilines is 1. The first kappa shape index (κ1) is 20.9. The number of aromatic amines is 1. The summed E-state index contributed by atoms with van der Waals surface area (Å²) in [5.74, 6) is 0.659. The van der Waals surface area contributed by atoms with Gasteiger partial charge in [-0.25, -0.2) is 4.98 Å². The zero-order valence-corrected chi connectivity index (χ0v) is 18.1. The van der Waals surface area contributed by atoms with Crippen molar-refractivity contribution in [3.63, 3.8) is 0 Å². The molecule has 0 spiro atoms. The molecule has 4 rings (SSSR count). The van der Waals surface area contributed by atoms with Crippen LogP contribution in [0.3, 0.4) is 0 Å². The number of ether oxygens (including phenoxy) is 1. The molecule has 1 aliphatic heterocycles. The van der Waals surface area contributed by atoms with Gasteiger partial charge in [0.25, 0.3) is 5.91 Å². The Morgan fingerprint density at radius 1 is 1.29 bits per heavy atom. The molecular weight excluding hydrogens is 396 g/mol. The summed E-state index contributed by atoms with van der Waals surface area (Å²) < 4.78 is 7.72. The van der Waals surface area contributed by atoms with Gasteiger partial charge in [-0.15, -0.1) is 0 Å². The van der Waals surface area contributed by atoms with E-state index in [-0.39, 0.29) is 23.1 Å². The van der Waals surface area contributed by atoms with E-state index in [0.29, 0.717) is 37.8 Å². The van der Waals surface area contributed by atoms with Crippen molar-refractivity contribution < 1.29 is 9.53 Å². The fourth-order valence-electron chi connectivity index (χ4n) is 3.87. The van der Waals surface area contributed by atoms with Crippen LogP contribution in [0.5, 0.6) is 5.75 Å². The van der Waals surface area contributed by atoms with Crippen molar-refractivity contribution in [1.29, 1.82) is 0 Å². The average Bonchev–Trinajstić information content (AvgIpc) is 3.23. The standard InChI is InChI=1S/C22H28N6O3/c1-4-5-10-31-20-18(29)11-15(28-9-8-27(14(2)3)22(30)19(20)28)12-24-21-16-13-25-26-17(16)6-7-23-21/h6-7,11,13-14H,4-5,8-10,12H2,1-3H3,(H,23,24)(H,25,26). The van der Waals surface area contributed by atoms with Crippen molar-refractivity contribution >= 4 is 22.6 Å². The number of hydrogen-bond donors (Lipinski definition) is 2. The Bertz CT molecular complexity index is 1150. The SMILES string of the molecule is CCCCOc1c2n(c(CNc3nccc4[nH]ncc34)cc1=O)CCN(C(C)C)C2=O. The maximum atomic E-state index is 13.3. The molecule has 9 heteroatoms. The highest BCUT2D eigenvalue weighted by Gasteiger charge is 2.32. The van der Waals surface area contributed by atoms with E-state index in [1.165, 1.54) is 0 Å². The lowest BCUT2D eigenvalue weighted by molar-refractivity contribution is 0.0637. The number of unbranched alkanes of at least 4 members (excludes halogenated alkanes) is 1. The quantitative estimate of drug-likeness (QED) is 0.539. The van der Waals surface area contributed by atoms with Crippen molar-refractivity contribution in [3.8, 4) is 5.75 Å². The Labute approximate surface area is 180 Å². The number of nitrogens with zero attached hydrogens (tertiary/aromatic N) is 4. The molecule has 164 valence electrons. The van der Waals surface area contributed by atoms with Gasteiger partial charge >= 0.3 is 0 Å². The number of amides is 1. The maximum absolute atomic E-state index is 13.3. The van der Waals surface area contributed by atoms with Crippen molar-refractivity contribution in [2.24, 2.45) is 0 Å². The van der Waals surface area contributed by atoms with E-state index in [2.05, 4.69) is 27.4 Å². The molecule has 0 unspecified atom stereocenters. The summed E-state index contributed by atoms with van der Waals surface area (Å²) in [6, 6.07) is 3.46. The van der Waals surface area contributed by atoms with Gasteiger partial charge < -0.3 is 19.5 Å². The normalized spacial score (nSPS) is 13.7. The number of pyridine rings is 2. The predicted molar refractivity (Wildman–Crippen MR) is 118 cm³/mol. The first-order chi connectivity index (χ1) is 15.0. The molecule has 0 aromatic carbocycles. The maximum Gasteiger partial charge on any atom is 0.274 e. The van der Waals surface area contributed by atoms with Crippen LogP contribution >= 0.6 is 0 Å². The van der Waals surface area contributed by atoms with Gasteiger partial charge in [0.2, 0.25) is 5.43 Å². The van der Waals surface area contributed by atoms with Crippen molar-refractivity contribution in [1.82, 2.24) is 24.6 Å². The van der Waals surface area contributed by atoms with E-state index in [9.17, 15) is 9.59 Å². The molecule has 0 radical (unpaired) electrons. The van der Waals surface area contributed by atoms with Crippen LogP contribution in [0.15, 0.2) is 29.3 Å². The van der Waals surface area contributed by atoms with Gasteiger partial charge in [-0.3, -0.25) is 14.7 Å². The second-order valence-electron chi connectivity index (χ2n) is 7.97. The molecule has 1 amide bonds. The van der Waals surface area contributed by atoms with Gasteiger partial charge in [0, 0.05) is 37.1 Å². The molecular formula is C22H28N6O3. The topological polar surface area (TPSA) is 105 Å². The van der Waals surface area contributed by atoms with E-state index in [1.54, 1.807) is 23.4 Å². The van der Waals surface area contributed by atoms with Crippen LogP contribution in [0.4, 0.5) is 5.82 Å². The summed E-state index contributed by atoms with van der Waals surface area (Å²) in [5.41, 5.74) is 1.67. The largest absolute Gasteiger partial charge is 0.487 e. The third-order valence-electron chi connectivity index (χ3n) is 5.55. The van der Waals surface area contributed by atoms with E-state index in [1.807, 2.05) is 24.5 Å². The highest BCUT2D eigenvalue weighted by atomic mass is 16.5. The summed E-state index contributed by atoms with van der Waals surface area (Å²) in [6.45, 7) is 7.97. The highest BCUT2D eigenvalue weighted by molar-refractivity contribution is 5.96. The summed E-state index contributed by atoms with van der Waals surface area (Å²) in [4.78, 5) is 32.4. The highest BCUT2D eigenvalue weighted by Crippen LogP contribution is 2.25. The second-order valence-corrected chi connectivity index (χ2v) is 7.97. The minimum atomic E-state index is -0.271. The first-order valence-electron chi connectivity index (χ1n) is 10.7. The number of rotatable bonds is 8. The minimum absolute atomic E-state index is 0.0459. The van der Waals surface area contributed by atoms with E-state index in [4.69, 9.17) is 4.74 Å². The second kappa shape index (κ2) is 8.79. The molecule has 0 saturated carbocycles. The first-order valence-corrected chi connectivity index (χ1v) is 10.7. The van der Waals surface area contributed by atoms with Crippen molar-refractivity contribution in [3.05, 3.63) is 46.1 Å². The molecule has 1 aliphatic rings. The van der Waals surface area contributed by atoms with Crippen LogP contribution in [0.1, 0.15) is 49.8 Å². The van der Waals surface area contributed by atoms with Gasteiger partial charge in [-0.05, 0) is 26.3 Å². The number of H-pyrrole nitrogens is 1. The Kier molecular flexibility index (Phi) is 5.92. The third-order valence-corrected chi connectivity index (χ3v) is 5.55. The number of fused-ring (bicyclic) bond motifs is 2. The van der Waals surface area contributed by atoms with Crippen LogP contribution in [0.2, 0.25) is 0 Å². The summed E-state index contributed by atoms with van der Waals surface area (Å²) >= 11 is 0. The Morgan fingerprint density at radius 3 is 2.90 bits per heavy atom. The van der Waals surface area contributed by atoms with Gasteiger partial charge in [-0.1, -0.05) is 13.3 Å². The van der Waals surface area contributed by atoms with Gasteiger partial charge in [0.1, 0.15) is 5.82 Å². The number of carbonyl (C=O) groups is 1. The number of carbonyl (C=O) groups excluding carboxylic acids is 1. The lowest BCUT2D eigenvalue weighted by Crippen LogP contribution is -2.46. The molecule has 2 N–H and O–H groups in total. The number of aromatic nitrogens is 4. The number of hydrogen-bond acceptors (Lipinski definition) is 6. The molecule has 9 nitrogen and oxygen atoms in total. The molecule has 4 heterocycles. The molecule has 0 fully saturated rings. The Balaban J connectivity index is 1.70.